The quantitative estimate of drug-likeness (QED) is 0.832. The first kappa shape index (κ1) is 12.1. The molecule has 1 fully saturated rings. The van der Waals surface area contributed by atoms with Crippen LogP contribution in [0.25, 0.3) is 0 Å². The number of hydrogen-bond donors (Lipinski definition) is 2. The van der Waals surface area contributed by atoms with Crippen LogP contribution < -0.4 is 0 Å². The molecule has 0 aliphatic carbocycles. The molecule has 17 heavy (non-hydrogen) atoms. The van der Waals surface area contributed by atoms with Gasteiger partial charge in [0.15, 0.2) is 0 Å². The van der Waals surface area contributed by atoms with Gasteiger partial charge in [0.25, 0.3) is 0 Å². The second kappa shape index (κ2) is 4.50. The van der Waals surface area contributed by atoms with E-state index < -0.39 is 22.0 Å². The zero-order valence-corrected chi connectivity index (χ0v) is 9.98. The van der Waals surface area contributed by atoms with Crippen molar-refractivity contribution in [2.24, 2.45) is 0 Å². The third-order valence-electron chi connectivity index (χ3n) is 2.91. The maximum Gasteiger partial charge on any atom is 0.322 e. The third-order valence-corrected chi connectivity index (χ3v) is 4.82. The van der Waals surface area contributed by atoms with Crippen molar-refractivity contribution >= 4 is 16.0 Å². The number of piperidine rings is 1. The largest absolute Gasteiger partial charge is 0.480 e. The Labute approximate surface area is 99.3 Å². The lowest BCUT2D eigenvalue weighted by molar-refractivity contribution is -0.142. The summed E-state index contributed by atoms with van der Waals surface area (Å²) < 4.78 is 25.5. The van der Waals surface area contributed by atoms with E-state index in [1.165, 1.54) is 18.5 Å². The number of nitrogens with zero attached hydrogens (tertiary/aromatic N) is 1. The van der Waals surface area contributed by atoms with Crippen molar-refractivity contribution in [3.05, 3.63) is 18.5 Å². The van der Waals surface area contributed by atoms with Gasteiger partial charge in [-0.05, 0) is 25.3 Å². The Balaban J connectivity index is 2.34. The fourth-order valence-corrected chi connectivity index (χ4v) is 3.67. The van der Waals surface area contributed by atoms with Crippen LogP contribution in [0.15, 0.2) is 23.4 Å². The van der Waals surface area contributed by atoms with Gasteiger partial charge in [0.2, 0.25) is 10.0 Å². The van der Waals surface area contributed by atoms with Crippen molar-refractivity contribution in [3.8, 4) is 0 Å². The smallest absolute Gasteiger partial charge is 0.322 e. The van der Waals surface area contributed by atoms with Crippen molar-refractivity contribution in [2.45, 2.75) is 30.2 Å². The van der Waals surface area contributed by atoms with Crippen LogP contribution in [0.3, 0.4) is 0 Å². The molecule has 1 aromatic heterocycles. The summed E-state index contributed by atoms with van der Waals surface area (Å²) in [4.78, 5) is 13.8. The minimum atomic E-state index is -3.69. The van der Waals surface area contributed by atoms with Gasteiger partial charge < -0.3 is 10.1 Å². The summed E-state index contributed by atoms with van der Waals surface area (Å²) in [5.74, 6) is -1.08. The lowest BCUT2D eigenvalue weighted by atomic mass is 10.1. The van der Waals surface area contributed by atoms with Crippen molar-refractivity contribution in [1.82, 2.24) is 9.29 Å². The highest BCUT2D eigenvalue weighted by molar-refractivity contribution is 7.89. The van der Waals surface area contributed by atoms with E-state index in [2.05, 4.69) is 4.98 Å². The highest BCUT2D eigenvalue weighted by Crippen LogP contribution is 2.25. The molecular formula is C10H14N2O4S. The summed E-state index contributed by atoms with van der Waals surface area (Å²) in [5.41, 5.74) is 0. The number of aliphatic carboxylic acids is 1. The molecule has 6 nitrogen and oxygen atoms in total. The van der Waals surface area contributed by atoms with Crippen LogP contribution in [0.1, 0.15) is 19.3 Å². The normalized spacial score (nSPS) is 22.5. The minimum absolute atomic E-state index is 0.116. The van der Waals surface area contributed by atoms with E-state index in [0.29, 0.717) is 12.8 Å². The highest BCUT2D eigenvalue weighted by atomic mass is 32.2. The molecule has 0 unspecified atom stereocenters. The molecule has 0 radical (unpaired) electrons. The zero-order chi connectivity index (χ0) is 12.5. The molecular weight excluding hydrogens is 244 g/mol. The van der Waals surface area contributed by atoms with E-state index in [1.807, 2.05) is 0 Å². The van der Waals surface area contributed by atoms with Gasteiger partial charge in [0, 0.05) is 18.9 Å². The number of nitrogens with one attached hydrogen (secondary N) is 1. The van der Waals surface area contributed by atoms with Crippen molar-refractivity contribution < 1.29 is 18.3 Å². The Hall–Kier alpha value is -1.34. The summed E-state index contributed by atoms with van der Waals surface area (Å²) in [7, 11) is -3.69. The van der Waals surface area contributed by atoms with E-state index >= 15 is 0 Å². The van der Waals surface area contributed by atoms with Gasteiger partial charge in [-0.3, -0.25) is 4.79 Å². The standard InChI is InChI=1S/C10H14N2O4S/c13-10(14)9-3-1-2-6-12(9)17(15,16)8-4-5-11-7-8/h4-5,7,9,11H,1-3,6H2,(H,13,14)/t9-/m1/s1. The number of carboxylic acids is 1. The van der Waals surface area contributed by atoms with Gasteiger partial charge in [0.1, 0.15) is 6.04 Å². The monoisotopic (exact) mass is 258 g/mol. The topological polar surface area (TPSA) is 90.5 Å². The number of aromatic amines is 1. The predicted molar refractivity (Wildman–Crippen MR) is 60.0 cm³/mol. The first-order valence-corrected chi connectivity index (χ1v) is 6.85. The van der Waals surface area contributed by atoms with Crippen LogP contribution in [0, 0.1) is 0 Å². The van der Waals surface area contributed by atoms with E-state index in [9.17, 15) is 13.2 Å². The lowest BCUT2D eigenvalue weighted by Crippen LogP contribution is -2.47. The second-order valence-corrected chi connectivity index (χ2v) is 5.90. The van der Waals surface area contributed by atoms with E-state index in [0.717, 1.165) is 10.7 Å². The second-order valence-electron chi connectivity index (χ2n) is 4.01. The number of carboxylic acid groups (broad SMARTS) is 1. The summed E-state index contributed by atoms with van der Waals surface area (Å²) in [6.07, 6.45) is 4.69. The van der Waals surface area contributed by atoms with Crippen LogP contribution in [0.5, 0.6) is 0 Å². The molecule has 2 N–H and O–H groups in total. The first-order chi connectivity index (χ1) is 8.03. The fourth-order valence-electron chi connectivity index (χ4n) is 2.04. The molecule has 1 saturated heterocycles. The number of H-pyrrole nitrogens is 1. The van der Waals surface area contributed by atoms with Gasteiger partial charge in [-0.2, -0.15) is 4.31 Å². The van der Waals surface area contributed by atoms with E-state index in [1.54, 1.807) is 0 Å². The fraction of sp³-hybridized carbons (Fsp3) is 0.500. The Kier molecular flexibility index (Phi) is 3.21. The molecule has 1 atom stereocenters. The van der Waals surface area contributed by atoms with Gasteiger partial charge in [-0.15, -0.1) is 0 Å². The lowest BCUT2D eigenvalue weighted by Gasteiger charge is -2.31. The SMILES string of the molecule is O=C(O)[C@H]1CCCCN1S(=O)(=O)c1cc[nH]c1. The number of carbonyl (C=O) groups is 1. The molecule has 2 rings (SSSR count). The van der Waals surface area contributed by atoms with Gasteiger partial charge in [-0.25, -0.2) is 8.42 Å². The van der Waals surface area contributed by atoms with Crippen molar-refractivity contribution in [1.29, 1.82) is 0 Å². The summed E-state index contributed by atoms with van der Waals surface area (Å²) in [5, 5.41) is 9.06. The summed E-state index contributed by atoms with van der Waals surface area (Å²) in [6.45, 7) is 0.268. The van der Waals surface area contributed by atoms with Gasteiger partial charge in [-0.1, -0.05) is 0 Å². The maximum absolute atomic E-state index is 12.2. The highest BCUT2D eigenvalue weighted by Gasteiger charge is 2.37. The average molecular weight is 258 g/mol. The van der Waals surface area contributed by atoms with Crippen LogP contribution in [0.4, 0.5) is 0 Å². The van der Waals surface area contributed by atoms with E-state index in [-0.39, 0.29) is 11.4 Å². The molecule has 0 amide bonds. The van der Waals surface area contributed by atoms with Crippen LogP contribution in [-0.4, -0.2) is 41.4 Å². The van der Waals surface area contributed by atoms with Crippen LogP contribution >= 0.6 is 0 Å². The molecule has 0 spiro atoms. The van der Waals surface area contributed by atoms with Crippen molar-refractivity contribution in [2.75, 3.05) is 6.54 Å². The zero-order valence-electron chi connectivity index (χ0n) is 9.17. The van der Waals surface area contributed by atoms with Gasteiger partial charge in [0.05, 0.1) is 4.90 Å². The number of hydrogen-bond acceptors (Lipinski definition) is 3. The molecule has 1 aliphatic rings. The molecule has 2 heterocycles. The molecule has 0 saturated carbocycles. The Morgan fingerprint density at radius 2 is 2.24 bits per heavy atom. The molecule has 1 aromatic rings. The maximum atomic E-state index is 12.2. The Morgan fingerprint density at radius 1 is 1.47 bits per heavy atom. The average Bonchev–Trinajstić information content (AvgIpc) is 2.83. The summed E-state index contributed by atoms with van der Waals surface area (Å²) in [6, 6.07) is 0.492. The number of sulfonamides is 1. The molecule has 1 aliphatic heterocycles. The Bertz CT molecular complexity index is 494. The van der Waals surface area contributed by atoms with E-state index in [4.69, 9.17) is 5.11 Å². The third kappa shape index (κ3) is 2.20. The number of rotatable bonds is 3. The molecule has 7 heteroatoms. The summed E-state index contributed by atoms with van der Waals surface area (Å²) >= 11 is 0. The first-order valence-electron chi connectivity index (χ1n) is 5.41. The Morgan fingerprint density at radius 3 is 2.82 bits per heavy atom. The van der Waals surface area contributed by atoms with Crippen LogP contribution in [-0.2, 0) is 14.8 Å². The van der Waals surface area contributed by atoms with Gasteiger partial charge >= 0.3 is 5.97 Å². The minimum Gasteiger partial charge on any atom is -0.480 e. The van der Waals surface area contributed by atoms with Crippen molar-refractivity contribution in [3.63, 3.8) is 0 Å². The number of aromatic nitrogens is 1. The molecule has 94 valence electrons. The molecule has 0 aromatic carbocycles. The predicted octanol–water partition coefficient (Wildman–Crippen LogP) is 0.642. The van der Waals surface area contributed by atoms with Crippen LogP contribution in [0.2, 0.25) is 0 Å². The molecule has 0 bridgehead atoms.